The van der Waals surface area contributed by atoms with Crippen LogP contribution in [0.5, 0.6) is 5.75 Å². The molecule has 92 valence electrons. The molecule has 0 unspecified atom stereocenters. The van der Waals surface area contributed by atoms with Gasteiger partial charge in [-0.15, -0.1) is 0 Å². The minimum absolute atomic E-state index is 0.239. The van der Waals surface area contributed by atoms with Gasteiger partial charge in [-0.2, -0.15) is 0 Å². The first kappa shape index (κ1) is 13.0. The van der Waals surface area contributed by atoms with Crippen molar-refractivity contribution in [3.63, 3.8) is 0 Å². The van der Waals surface area contributed by atoms with E-state index in [1.165, 1.54) is 0 Å². The Balaban J connectivity index is 2.47. The molecule has 1 aromatic rings. The fraction of sp³-hybridized carbons (Fsp3) is 0.333. The molecule has 0 aliphatic heterocycles. The molecule has 1 rings (SSSR count). The minimum Gasteiger partial charge on any atom is -0.482 e. The Hall–Kier alpha value is -2.04. The highest BCUT2D eigenvalue weighted by Crippen LogP contribution is 2.18. The molecule has 0 aromatic heterocycles. The summed E-state index contributed by atoms with van der Waals surface area (Å²) in [5.41, 5.74) is 6.80. The van der Waals surface area contributed by atoms with Crippen LogP contribution in [0.15, 0.2) is 18.2 Å². The molecule has 0 saturated carbocycles. The zero-order valence-electron chi connectivity index (χ0n) is 9.86. The SMILES string of the molecule is Cc1ccc(C)c(OCC(=O)OCC(N)=O)c1. The van der Waals surface area contributed by atoms with Gasteiger partial charge in [0.15, 0.2) is 13.2 Å². The van der Waals surface area contributed by atoms with Crippen LogP contribution in [0.25, 0.3) is 0 Å². The number of amides is 1. The number of aryl methyl sites for hydroxylation is 2. The van der Waals surface area contributed by atoms with Crippen LogP contribution < -0.4 is 10.5 Å². The van der Waals surface area contributed by atoms with Gasteiger partial charge in [0.1, 0.15) is 5.75 Å². The molecule has 0 heterocycles. The second-order valence-corrected chi connectivity index (χ2v) is 3.68. The van der Waals surface area contributed by atoms with E-state index >= 15 is 0 Å². The quantitative estimate of drug-likeness (QED) is 0.765. The lowest BCUT2D eigenvalue weighted by molar-refractivity contribution is -0.149. The molecule has 0 fully saturated rings. The van der Waals surface area contributed by atoms with Crippen molar-refractivity contribution < 1.29 is 19.1 Å². The Morgan fingerprint density at radius 1 is 1.24 bits per heavy atom. The number of benzene rings is 1. The van der Waals surface area contributed by atoms with Crippen molar-refractivity contribution >= 4 is 11.9 Å². The number of hydrogen-bond acceptors (Lipinski definition) is 4. The van der Waals surface area contributed by atoms with Gasteiger partial charge >= 0.3 is 5.97 Å². The maximum atomic E-state index is 11.2. The van der Waals surface area contributed by atoms with Gasteiger partial charge in [-0.3, -0.25) is 4.79 Å². The van der Waals surface area contributed by atoms with Crippen LogP contribution >= 0.6 is 0 Å². The van der Waals surface area contributed by atoms with Gasteiger partial charge in [0, 0.05) is 0 Å². The summed E-state index contributed by atoms with van der Waals surface area (Å²) in [5, 5.41) is 0. The molecule has 0 spiro atoms. The van der Waals surface area contributed by atoms with Crippen molar-refractivity contribution in [1.82, 2.24) is 0 Å². The molecule has 0 saturated heterocycles. The zero-order chi connectivity index (χ0) is 12.8. The lowest BCUT2D eigenvalue weighted by atomic mass is 10.1. The monoisotopic (exact) mass is 237 g/mol. The van der Waals surface area contributed by atoms with Gasteiger partial charge in [-0.25, -0.2) is 4.79 Å². The molecule has 0 aliphatic rings. The number of rotatable bonds is 5. The first-order valence-corrected chi connectivity index (χ1v) is 5.13. The fourth-order valence-corrected chi connectivity index (χ4v) is 1.19. The first-order chi connectivity index (χ1) is 7.99. The maximum Gasteiger partial charge on any atom is 0.344 e. The van der Waals surface area contributed by atoms with Crippen LogP contribution in [0.3, 0.4) is 0 Å². The summed E-state index contributed by atoms with van der Waals surface area (Å²) in [6.45, 7) is 3.15. The molecule has 0 aliphatic carbocycles. The van der Waals surface area contributed by atoms with E-state index in [4.69, 9.17) is 10.5 Å². The summed E-state index contributed by atoms with van der Waals surface area (Å²) in [6, 6.07) is 5.68. The summed E-state index contributed by atoms with van der Waals surface area (Å²) < 4.78 is 9.84. The Bertz CT molecular complexity index is 429. The van der Waals surface area contributed by atoms with Crippen molar-refractivity contribution in [3.05, 3.63) is 29.3 Å². The van der Waals surface area contributed by atoms with E-state index in [1.807, 2.05) is 32.0 Å². The normalized spacial score (nSPS) is 9.76. The predicted octanol–water partition coefficient (Wildman–Crippen LogP) is 0.711. The van der Waals surface area contributed by atoms with E-state index in [2.05, 4.69) is 4.74 Å². The number of primary amides is 1. The lowest BCUT2D eigenvalue weighted by Gasteiger charge is -2.09. The number of hydrogen-bond donors (Lipinski definition) is 1. The molecule has 2 N–H and O–H groups in total. The van der Waals surface area contributed by atoms with Gasteiger partial charge in [0.05, 0.1) is 0 Å². The van der Waals surface area contributed by atoms with Gasteiger partial charge in [0.25, 0.3) is 5.91 Å². The molecule has 5 nitrogen and oxygen atoms in total. The van der Waals surface area contributed by atoms with Crippen molar-refractivity contribution in [2.24, 2.45) is 5.73 Å². The van der Waals surface area contributed by atoms with Crippen molar-refractivity contribution in [2.75, 3.05) is 13.2 Å². The van der Waals surface area contributed by atoms with E-state index in [-0.39, 0.29) is 6.61 Å². The first-order valence-electron chi connectivity index (χ1n) is 5.13. The van der Waals surface area contributed by atoms with Gasteiger partial charge in [-0.1, -0.05) is 12.1 Å². The lowest BCUT2D eigenvalue weighted by Crippen LogP contribution is -2.23. The summed E-state index contributed by atoms with van der Waals surface area (Å²) in [6.07, 6.45) is 0. The van der Waals surface area contributed by atoms with Crippen LogP contribution in [0.4, 0.5) is 0 Å². The predicted molar refractivity (Wildman–Crippen MR) is 61.6 cm³/mol. The van der Waals surface area contributed by atoms with E-state index in [0.29, 0.717) is 5.75 Å². The fourth-order valence-electron chi connectivity index (χ4n) is 1.19. The molecule has 1 amide bonds. The number of nitrogens with two attached hydrogens (primary N) is 1. The number of esters is 1. The summed E-state index contributed by atoms with van der Waals surface area (Å²) in [4.78, 5) is 21.5. The van der Waals surface area contributed by atoms with Gasteiger partial charge < -0.3 is 15.2 Å². The summed E-state index contributed by atoms with van der Waals surface area (Å²) in [7, 11) is 0. The zero-order valence-corrected chi connectivity index (χ0v) is 9.86. The third kappa shape index (κ3) is 4.55. The van der Waals surface area contributed by atoms with Crippen molar-refractivity contribution in [2.45, 2.75) is 13.8 Å². The summed E-state index contributed by atoms with van der Waals surface area (Å²) in [5.74, 6) is -0.684. The third-order valence-electron chi connectivity index (χ3n) is 2.06. The Labute approximate surface area is 99.5 Å². The molecular formula is C12H15NO4. The smallest absolute Gasteiger partial charge is 0.344 e. The van der Waals surface area contributed by atoms with Crippen LogP contribution in [-0.2, 0) is 14.3 Å². The molecule has 0 bridgehead atoms. The average molecular weight is 237 g/mol. The van der Waals surface area contributed by atoms with E-state index < -0.39 is 18.5 Å². The Morgan fingerprint density at radius 2 is 1.94 bits per heavy atom. The minimum atomic E-state index is -0.690. The number of carbonyl (C=O) groups is 2. The Morgan fingerprint density at radius 3 is 2.59 bits per heavy atom. The van der Waals surface area contributed by atoms with Crippen LogP contribution in [-0.4, -0.2) is 25.1 Å². The summed E-state index contributed by atoms with van der Waals surface area (Å²) >= 11 is 0. The number of ether oxygens (including phenoxy) is 2. The maximum absolute atomic E-state index is 11.2. The van der Waals surface area contributed by atoms with E-state index in [9.17, 15) is 9.59 Å². The highest BCUT2D eigenvalue weighted by molar-refractivity contribution is 5.79. The van der Waals surface area contributed by atoms with Crippen LogP contribution in [0.2, 0.25) is 0 Å². The molecule has 5 heteroatoms. The highest BCUT2D eigenvalue weighted by atomic mass is 16.6. The molecular weight excluding hydrogens is 222 g/mol. The van der Waals surface area contributed by atoms with Gasteiger partial charge in [0.2, 0.25) is 0 Å². The topological polar surface area (TPSA) is 78.6 Å². The molecule has 0 atom stereocenters. The molecule has 0 radical (unpaired) electrons. The van der Waals surface area contributed by atoms with Crippen molar-refractivity contribution in [3.8, 4) is 5.75 Å². The van der Waals surface area contributed by atoms with E-state index in [1.54, 1.807) is 0 Å². The molecule has 17 heavy (non-hydrogen) atoms. The third-order valence-corrected chi connectivity index (χ3v) is 2.06. The highest BCUT2D eigenvalue weighted by Gasteiger charge is 2.07. The molecule has 1 aromatic carbocycles. The standard InChI is InChI=1S/C12H15NO4/c1-8-3-4-9(2)10(5-8)16-7-12(15)17-6-11(13)14/h3-5H,6-7H2,1-2H3,(H2,13,14). The second-order valence-electron chi connectivity index (χ2n) is 3.68. The number of carbonyl (C=O) groups excluding carboxylic acids is 2. The van der Waals surface area contributed by atoms with Crippen molar-refractivity contribution in [1.29, 1.82) is 0 Å². The van der Waals surface area contributed by atoms with Crippen LogP contribution in [0.1, 0.15) is 11.1 Å². The second kappa shape index (κ2) is 5.89. The van der Waals surface area contributed by atoms with Gasteiger partial charge in [-0.05, 0) is 31.0 Å². The van der Waals surface area contributed by atoms with E-state index in [0.717, 1.165) is 11.1 Å². The van der Waals surface area contributed by atoms with Crippen LogP contribution in [0, 0.1) is 13.8 Å². The largest absolute Gasteiger partial charge is 0.482 e. The Kier molecular flexibility index (Phi) is 4.51. The average Bonchev–Trinajstić information content (AvgIpc) is 2.27.